The fourth-order valence-electron chi connectivity index (χ4n) is 3.70. The van der Waals surface area contributed by atoms with E-state index in [1.165, 1.54) is 12.1 Å². The van der Waals surface area contributed by atoms with Gasteiger partial charge in [0.2, 0.25) is 0 Å². The third kappa shape index (κ3) is 2.49. The monoisotopic (exact) mass is 376 g/mol. The molecule has 0 saturated heterocycles. The Morgan fingerprint density at radius 1 is 1.18 bits per heavy atom. The Labute approximate surface area is 158 Å². The minimum Gasteiger partial charge on any atom is -0.361 e. The number of pyridine rings is 1. The third-order valence-electron chi connectivity index (χ3n) is 5.05. The maximum Gasteiger partial charge on any atom is 0.261 e. The van der Waals surface area contributed by atoms with Crippen LogP contribution in [0.3, 0.4) is 0 Å². The zero-order valence-corrected chi connectivity index (χ0v) is 15.4. The number of rotatable bonds is 3. The van der Waals surface area contributed by atoms with Crippen molar-refractivity contribution < 1.29 is 4.39 Å². The SMILES string of the molecule is Cc1nc2nc(C)c3c(=O)n(CCc4c[nH]c5ccc(F)cc45)ccc3n2n1. The lowest BCUT2D eigenvalue weighted by molar-refractivity contribution is 0.629. The number of halogens is 1. The van der Waals surface area contributed by atoms with Crippen LogP contribution in [-0.2, 0) is 13.0 Å². The van der Waals surface area contributed by atoms with Crippen molar-refractivity contribution in [1.82, 2.24) is 29.1 Å². The molecule has 0 radical (unpaired) electrons. The standard InChI is InChI=1S/C20H17FN6O/c1-11-18-17(27-20(23-11)24-12(2)25-27)6-8-26(19(18)28)7-5-13-10-22-16-4-3-14(21)9-15(13)16/h3-4,6,8-10,22H,5,7H2,1-2H3. The van der Waals surface area contributed by atoms with Crippen LogP contribution in [0.2, 0.25) is 0 Å². The maximum absolute atomic E-state index is 13.6. The molecule has 140 valence electrons. The van der Waals surface area contributed by atoms with Gasteiger partial charge in [-0.05, 0) is 50.1 Å². The summed E-state index contributed by atoms with van der Waals surface area (Å²) in [5, 5.41) is 5.71. The molecule has 0 spiro atoms. The van der Waals surface area contributed by atoms with E-state index in [0.717, 1.165) is 16.5 Å². The van der Waals surface area contributed by atoms with Crippen LogP contribution >= 0.6 is 0 Å². The lowest BCUT2D eigenvalue weighted by atomic mass is 10.1. The summed E-state index contributed by atoms with van der Waals surface area (Å²) in [6.07, 6.45) is 4.23. The number of aromatic amines is 1. The molecule has 0 aliphatic rings. The second-order valence-electron chi connectivity index (χ2n) is 6.90. The topological polar surface area (TPSA) is 80.9 Å². The molecule has 0 aliphatic heterocycles. The van der Waals surface area contributed by atoms with Gasteiger partial charge in [0.1, 0.15) is 11.6 Å². The van der Waals surface area contributed by atoms with Crippen LogP contribution in [0, 0.1) is 19.7 Å². The Morgan fingerprint density at radius 3 is 2.89 bits per heavy atom. The molecule has 5 rings (SSSR count). The van der Waals surface area contributed by atoms with Crippen LogP contribution in [-0.4, -0.2) is 29.1 Å². The van der Waals surface area contributed by atoms with Crippen molar-refractivity contribution in [3.8, 4) is 0 Å². The molecule has 7 nitrogen and oxygen atoms in total. The van der Waals surface area contributed by atoms with Gasteiger partial charge in [0.15, 0.2) is 0 Å². The number of nitrogens with zero attached hydrogens (tertiary/aromatic N) is 5. The molecule has 1 aromatic carbocycles. The maximum atomic E-state index is 13.6. The minimum absolute atomic E-state index is 0.122. The van der Waals surface area contributed by atoms with Gasteiger partial charge in [-0.15, -0.1) is 5.10 Å². The number of hydrogen-bond donors (Lipinski definition) is 1. The number of fused-ring (bicyclic) bond motifs is 4. The number of aryl methyl sites for hydroxylation is 4. The van der Waals surface area contributed by atoms with Crippen molar-refractivity contribution in [3.05, 3.63) is 69.9 Å². The first-order valence-corrected chi connectivity index (χ1v) is 9.00. The largest absolute Gasteiger partial charge is 0.361 e. The van der Waals surface area contributed by atoms with Gasteiger partial charge < -0.3 is 9.55 Å². The van der Waals surface area contributed by atoms with Crippen LogP contribution in [0.15, 0.2) is 41.5 Å². The molecule has 0 fully saturated rings. The Kier molecular flexibility index (Phi) is 3.55. The van der Waals surface area contributed by atoms with E-state index in [1.807, 2.05) is 12.3 Å². The van der Waals surface area contributed by atoms with Crippen molar-refractivity contribution in [2.75, 3.05) is 0 Å². The highest BCUT2D eigenvalue weighted by molar-refractivity contribution is 5.83. The van der Waals surface area contributed by atoms with E-state index in [9.17, 15) is 9.18 Å². The smallest absolute Gasteiger partial charge is 0.261 e. The molecule has 4 heterocycles. The zero-order chi connectivity index (χ0) is 19.4. The normalized spacial score (nSPS) is 11.8. The molecule has 0 bridgehead atoms. The van der Waals surface area contributed by atoms with Gasteiger partial charge in [0, 0.05) is 29.8 Å². The molecule has 5 aromatic rings. The summed E-state index contributed by atoms with van der Waals surface area (Å²) in [4.78, 5) is 24.9. The quantitative estimate of drug-likeness (QED) is 0.525. The molecule has 1 N–H and O–H groups in total. The molecule has 0 saturated carbocycles. The van der Waals surface area contributed by atoms with Gasteiger partial charge in [-0.1, -0.05) is 0 Å². The molecule has 0 atom stereocenters. The Bertz CT molecular complexity index is 1430. The predicted molar refractivity (Wildman–Crippen MR) is 104 cm³/mol. The molecule has 0 amide bonds. The molecular weight excluding hydrogens is 359 g/mol. The average molecular weight is 376 g/mol. The van der Waals surface area contributed by atoms with E-state index < -0.39 is 0 Å². The lowest BCUT2D eigenvalue weighted by Crippen LogP contribution is -2.22. The average Bonchev–Trinajstić information content (AvgIpc) is 3.23. The van der Waals surface area contributed by atoms with E-state index in [2.05, 4.69) is 20.1 Å². The van der Waals surface area contributed by atoms with Crippen molar-refractivity contribution in [3.63, 3.8) is 0 Å². The number of hydrogen-bond acceptors (Lipinski definition) is 4. The number of H-pyrrole nitrogens is 1. The van der Waals surface area contributed by atoms with Gasteiger partial charge in [0.05, 0.1) is 16.6 Å². The van der Waals surface area contributed by atoms with Crippen LogP contribution in [0.25, 0.3) is 27.6 Å². The fraction of sp³-hybridized carbons (Fsp3) is 0.200. The molecular formula is C20H17FN6O. The van der Waals surface area contributed by atoms with Gasteiger partial charge in [-0.25, -0.2) is 9.37 Å². The highest BCUT2D eigenvalue weighted by Gasteiger charge is 2.14. The van der Waals surface area contributed by atoms with Gasteiger partial charge in [0.25, 0.3) is 11.3 Å². The molecule has 0 aliphatic carbocycles. The Hall–Kier alpha value is -3.55. The van der Waals surface area contributed by atoms with Crippen LogP contribution in [0.4, 0.5) is 4.39 Å². The highest BCUT2D eigenvalue weighted by atomic mass is 19.1. The lowest BCUT2D eigenvalue weighted by Gasteiger charge is -2.09. The van der Waals surface area contributed by atoms with Crippen molar-refractivity contribution in [2.24, 2.45) is 0 Å². The van der Waals surface area contributed by atoms with E-state index in [4.69, 9.17) is 0 Å². The van der Waals surface area contributed by atoms with Crippen LogP contribution < -0.4 is 5.56 Å². The molecule has 28 heavy (non-hydrogen) atoms. The predicted octanol–water partition coefficient (Wildman–Crippen LogP) is 2.92. The van der Waals surface area contributed by atoms with Crippen molar-refractivity contribution in [2.45, 2.75) is 26.8 Å². The second kappa shape index (κ2) is 5.98. The first kappa shape index (κ1) is 16.6. The van der Waals surface area contributed by atoms with E-state index in [0.29, 0.717) is 41.2 Å². The summed E-state index contributed by atoms with van der Waals surface area (Å²) in [5.41, 5.74) is 3.05. The van der Waals surface area contributed by atoms with E-state index >= 15 is 0 Å². The third-order valence-corrected chi connectivity index (χ3v) is 5.05. The summed E-state index contributed by atoms with van der Waals surface area (Å²) in [5.74, 6) is 0.820. The van der Waals surface area contributed by atoms with Crippen LogP contribution in [0.5, 0.6) is 0 Å². The second-order valence-corrected chi connectivity index (χ2v) is 6.90. The Morgan fingerprint density at radius 2 is 2.04 bits per heavy atom. The van der Waals surface area contributed by atoms with Crippen LogP contribution in [0.1, 0.15) is 17.1 Å². The Balaban J connectivity index is 1.57. The number of aromatic nitrogens is 6. The summed E-state index contributed by atoms with van der Waals surface area (Å²) in [6, 6.07) is 6.53. The van der Waals surface area contributed by atoms with Gasteiger partial charge in [-0.3, -0.25) is 4.79 Å². The van der Waals surface area contributed by atoms with Crippen molar-refractivity contribution >= 4 is 27.6 Å². The summed E-state index contributed by atoms with van der Waals surface area (Å²) in [7, 11) is 0. The minimum atomic E-state index is -0.273. The first-order chi connectivity index (χ1) is 13.5. The number of nitrogens with one attached hydrogen (secondary N) is 1. The zero-order valence-electron chi connectivity index (χ0n) is 15.4. The number of benzene rings is 1. The van der Waals surface area contributed by atoms with Crippen molar-refractivity contribution in [1.29, 1.82) is 0 Å². The first-order valence-electron chi connectivity index (χ1n) is 9.00. The summed E-state index contributed by atoms with van der Waals surface area (Å²) >= 11 is 0. The van der Waals surface area contributed by atoms with E-state index in [1.54, 1.807) is 35.2 Å². The fourth-order valence-corrected chi connectivity index (χ4v) is 3.70. The van der Waals surface area contributed by atoms with Gasteiger partial charge in [-0.2, -0.15) is 9.50 Å². The summed E-state index contributed by atoms with van der Waals surface area (Å²) < 4.78 is 16.8. The highest BCUT2D eigenvalue weighted by Crippen LogP contribution is 2.20. The van der Waals surface area contributed by atoms with E-state index in [-0.39, 0.29) is 11.4 Å². The van der Waals surface area contributed by atoms with Gasteiger partial charge >= 0.3 is 0 Å². The molecule has 4 aromatic heterocycles. The summed E-state index contributed by atoms with van der Waals surface area (Å²) in [6.45, 7) is 4.08. The molecule has 8 heteroatoms. The molecule has 0 unspecified atom stereocenters.